The summed E-state index contributed by atoms with van der Waals surface area (Å²) in [6.45, 7) is 2.18. The van der Waals surface area contributed by atoms with Crippen LogP contribution in [0.1, 0.15) is 43.2 Å². The van der Waals surface area contributed by atoms with Crippen molar-refractivity contribution in [2.75, 3.05) is 0 Å². The molecule has 0 saturated heterocycles. The number of hydrogen-bond acceptors (Lipinski definition) is 1. The molecule has 0 N–H and O–H groups in total. The number of hydrogen-bond donors (Lipinski definition) is 0. The van der Waals surface area contributed by atoms with Gasteiger partial charge in [-0.05, 0) is 29.9 Å². The van der Waals surface area contributed by atoms with Gasteiger partial charge in [0.15, 0.2) is 0 Å². The lowest BCUT2D eigenvalue weighted by Crippen LogP contribution is -1.98. The topological polar surface area (TPSA) is 17.1 Å². The minimum atomic E-state index is 0.431. The second kappa shape index (κ2) is 3.95. The fraction of sp³-hybridized carbons (Fsp3) is 0.462. The maximum atomic E-state index is 11.2. The van der Waals surface area contributed by atoms with Crippen LogP contribution in [-0.4, -0.2) is 5.78 Å². The van der Waals surface area contributed by atoms with E-state index in [1.165, 1.54) is 11.1 Å². The smallest absolute Gasteiger partial charge is 0.133 e. The van der Waals surface area contributed by atoms with Crippen LogP contribution in [0.2, 0.25) is 0 Å². The van der Waals surface area contributed by atoms with Gasteiger partial charge in [0.05, 0.1) is 0 Å². The first-order chi connectivity index (χ1) is 6.81. The molecule has 1 aliphatic carbocycles. The molecule has 0 bridgehead atoms. The number of aryl methyl sites for hydroxylation is 1. The van der Waals surface area contributed by atoms with E-state index in [0.29, 0.717) is 11.7 Å². The van der Waals surface area contributed by atoms with Crippen molar-refractivity contribution in [1.82, 2.24) is 0 Å². The normalized spacial score (nSPS) is 21.5. The van der Waals surface area contributed by atoms with E-state index in [2.05, 4.69) is 31.2 Å². The summed E-state index contributed by atoms with van der Waals surface area (Å²) in [6, 6.07) is 8.52. The zero-order valence-electron chi connectivity index (χ0n) is 8.62. The maximum Gasteiger partial charge on any atom is 0.133 e. The Bertz CT molecular complexity index is 341. The van der Waals surface area contributed by atoms with Crippen molar-refractivity contribution in [3.8, 4) is 0 Å². The summed E-state index contributed by atoms with van der Waals surface area (Å²) in [4.78, 5) is 11.2. The van der Waals surface area contributed by atoms with Crippen LogP contribution in [0, 0.1) is 0 Å². The Hall–Kier alpha value is -1.11. The molecule has 1 unspecified atom stereocenters. The Morgan fingerprint density at radius 3 is 2.79 bits per heavy atom. The molecule has 0 radical (unpaired) electrons. The molecule has 1 aromatic rings. The number of carbonyl (C=O) groups is 1. The Morgan fingerprint density at radius 2 is 2.14 bits per heavy atom. The van der Waals surface area contributed by atoms with E-state index in [4.69, 9.17) is 0 Å². The number of carbonyl (C=O) groups excluding carboxylic acids is 1. The van der Waals surface area contributed by atoms with E-state index in [9.17, 15) is 4.79 Å². The quantitative estimate of drug-likeness (QED) is 0.697. The minimum Gasteiger partial charge on any atom is -0.300 e. The standard InChI is InChI=1S/C13H16O/c1-2-10-5-3-4-6-13(10)11-7-8-12(14)9-11/h3-6,11H,2,7-9H2,1H3. The Kier molecular flexibility index (Phi) is 2.67. The number of ketones is 1. The molecule has 1 nitrogen and oxygen atoms in total. The van der Waals surface area contributed by atoms with Gasteiger partial charge < -0.3 is 0 Å². The molecule has 0 aliphatic heterocycles. The lowest BCUT2D eigenvalue weighted by atomic mass is 9.92. The largest absolute Gasteiger partial charge is 0.300 e. The molecule has 1 fully saturated rings. The molecular weight excluding hydrogens is 172 g/mol. The average molecular weight is 188 g/mol. The highest BCUT2D eigenvalue weighted by Gasteiger charge is 2.24. The molecule has 74 valence electrons. The van der Waals surface area contributed by atoms with E-state index in [0.717, 1.165) is 25.7 Å². The van der Waals surface area contributed by atoms with Crippen molar-refractivity contribution in [2.24, 2.45) is 0 Å². The fourth-order valence-electron chi connectivity index (χ4n) is 2.33. The molecule has 1 heteroatoms. The SMILES string of the molecule is CCc1ccccc1C1CCC(=O)C1. The highest BCUT2D eigenvalue weighted by atomic mass is 16.1. The summed E-state index contributed by atoms with van der Waals surface area (Å²) in [5.41, 5.74) is 2.81. The Labute approximate surface area is 85.1 Å². The third-order valence-corrected chi connectivity index (χ3v) is 3.12. The van der Waals surface area contributed by atoms with Gasteiger partial charge in [0.1, 0.15) is 5.78 Å². The lowest BCUT2D eigenvalue weighted by molar-refractivity contribution is -0.117. The van der Waals surface area contributed by atoms with Crippen LogP contribution in [0.5, 0.6) is 0 Å². The molecule has 0 amide bonds. The van der Waals surface area contributed by atoms with Gasteiger partial charge in [-0.1, -0.05) is 31.2 Å². The van der Waals surface area contributed by atoms with Crippen LogP contribution in [-0.2, 0) is 11.2 Å². The molecule has 1 saturated carbocycles. The maximum absolute atomic E-state index is 11.2. The monoisotopic (exact) mass is 188 g/mol. The summed E-state index contributed by atoms with van der Waals surface area (Å²) >= 11 is 0. The van der Waals surface area contributed by atoms with E-state index in [1.807, 2.05) is 0 Å². The van der Waals surface area contributed by atoms with Crippen LogP contribution >= 0.6 is 0 Å². The summed E-state index contributed by atoms with van der Waals surface area (Å²) < 4.78 is 0. The van der Waals surface area contributed by atoms with Gasteiger partial charge >= 0.3 is 0 Å². The van der Waals surface area contributed by atoms with Gasteiger partial charge in [0, 0.05) is 12.8 Å². The number of benzene rings is 1. The lowest BCUT2D eigenvalue weighted by Gasteiger charge is -2.13. The molecule has 1 aromatic carbocycles. The average Bonchev–Trinajstić information content (AvgIpc) is 2.65. The second-order valence-electron chi connectivity index (χ2n) is 4.03. The summed E-state index contributed by atoms with van der Waals surface area (Å²) in [6.07, 6.45) is 3.66. The van der Waals surface area contributed by atoms with Crippen molar-refractivity contribution in [2.45, 2.75) is 38.5 Å². The summed E-state index contributed by atoms with van der Waals surface area (Å²) in [5, 5.41) is 0. The highest BCUT2D eigenvalue weighted by molar-refractivity contribution is 5.81. The predicted octanol–water partition coefficient (Wildman–Crippen LogP) is 3.09. The van der Waals surface area contributed by atoms with E-state index < -0.39 is 0 Å². The fourth-order valence-corrected chi connectivity index (χ4v) is 2.33. The van der Waals surface area contributed by atoms with Gasteiger partial charge in [0.2, 0.25) is 0 Å². The molecule has 1 atom stereocenters. The first-order valence-corrected chi connectivity index (χ1v) is 5.40. The first kappa shape index (κ1) is 9.45. The van der Waals surface area contributed by atoms with Gasteiger partial charge in [0.25, 0.3) is 0 Å². The van der Waals surface area contributed by atoms with Crippen LogP contribution < -0.4 is 0 Å². The highest BCUT2D eigenvalue weighted by Crippen LogP contribution is 2.33. The van der Waals surface area contributed by atoms with Crippen LogP contribution in [0.3, 0.4) is 0 Å². The molecule has 2 rings (SSSR count). The first-order valence-electron chi connectivity index (χ1n) is 5.40. The molecule has 1 aliphatic rings. The third kappa shape index (κ3) is 1.72. The van der Waals surface area contributed by atoms with Crippen LogP contribution in [0.15, 0.2) is 24.3 Å². The van der Waals surface area contributed by atoms with Crippen molar-refractivity contribution < 1.29 is 4.79 Å². The van der Waals surface area contributed by atoms with Gasteiger partial charge in [-0.2, -0.15) is 0 Å². The van der Waals surface area contributed by atoms with Crippen LogP contribution in [0.25, 0.3) is 0 Å². The van der Waals surface area contributed by atoms with Gasteiger partial charge in [-0.15, -0.1) is 0 Å². The molecular formula is C13H16O. The molecule has 0 heterocycles. The van der Waals surface area contributed by atoms with E-state index in [1.54, 1.807) is 0 Å². The second-order valence-corrected chi connectivity index (χ2v) is 4.03. The predicted molar refractivity (Wildman–Crippen MR) is 57.4 cm³/mol. The number of rotatable bonds is 2. The van der Waals surface area contributed by atoms with Crippen LogP contribution in [0.4, 0.5) is 0 Å². The number of Topliss-reactive ketones (excluding diaryl/α,β-unsaturated/α-hetero) is 1. The Morgan fingerprint density at radius 1 is 1.36 bits per heavy atom. The third-order valence-electron chi connectivity index (χ3n) is 3.12. The van der Waals surface area contributed by atoms with Gasteiger partial charge in [-0.3, -0.25) is 4.79 Å². The summed E-state index contributed by atoms with van der Waals surface area (Å²) in [7, 11) is 0. The minimum absolute atomic E-state index is 0.431. The molecule has 14 heavy (non-hydrogen) atoms. The van der Waals surface area contributed by atoms with E-state index in [-0.39, 0.29) is 0 Å². The van der Waals surface area contributed by atoms with Crippen molar-refractivity contribution >= 4 is 5.78 Å². The molecule has 0 spiro atoms. The zero-order valence-corrected chi connectivity index (χ0v) is 8.62. The van der Waals surface area contributed by atoms with Crippen molar-refractivity contribution in [3.63, 3.8) is 0 Å². The van der Waals surface area contributed by atoms with Crippen molar-refractivity contribution in [3.05, 3.63) is 35.4 Å². The molecule has 0 aromatic heterocycles. The Balaban J connectivity index is 2.27. The van der Waals surface area contributed by atoms with Crippen molar-refractivity contribution in [1.29, 1.82) is 0 Å². The van der Waals surface area contributed by atoms with E-state index >= 15 is 0 Å². The van der Waals surface area contributed by atoms with Gasteiger partial charge in [-0.25, -0.2) is 0 Å². The summed E-state index contributed by atoms with van der Waals surface area (Å²) in [5.74, 6) is 0.930. The zero-order chi connectivity index (χ0) is 9.97.